The van der Waals surface area contributed by atoms with Crippen LogP contribution < -0.4 is 0 Å². The van der Waals surface area contributed by atoms with Crippen LogP contribution in [0.25, 0.3) is 11.1 Å². The molecule has 4 rings (SSSR count). The number of nitrogens with one attached hydrogen (secondary N) is 1. The van der Waals surface area contributed by atoms with Gasteiger partial charge in [-0.25, -0.2) is 0 Å². The Morgan fingerprint density at radius 1 is 1.26 bits per heavy atom. The number of aromatic amines is 1. The van der Waals surface area contributed by atoms with Gasteiger partial charge in [0.05, 0.1) is 6.20 Å². The van der Waals surface area contributed by atoms with Gasteiger partial charge in [0.25, 0.3) is 5.91 Å². The monoisotopic (exact) mass is 363 g/mol. The Kier molecular flexibility index (Phi) is 5.05. The molecule has 1 aliphatic rings. The lowest BCUT2D eigenvalue weighted by molar-refractivity contribution is 0.0693. The Balaban J connectivity index is 1.55. The maximum absolute atomic E-state index is 13.1. The van der Waals surface area contributed by atoms with E-state index in [1.807, 2.05) is 40.0 Å². The minimum atomic E-state index is 0.0754. The molecule has 27 heavy (non-hydrogen) atoms. The van der Waals surface area contributed by atoms with Gasteiger partial charge in [-0.05, 0) is 30.9 Å². The predicted molar refractivity (Wildman–Crippen MR) is 104 cm³/mol. The molecule has 1 aliphatic heterocycles. The van der Waals surface area contributed by atoms with E-state index >= 15 is 0 Å². The number of aryl methyl sites for hydroxylation is 1. The second-order valence-electron chi connectivity index (χ2n) is 7.09. The normalized spacial score (nSPS) is 17.2. The van der Waals surface area contributed by atoms with Crippen molar-refractivity contribution in [3.05, 3.63) is 60.2 Å². The van der Waals surface area contributed by atoms with Crippen LogP contribution in [0, 0.1) is 0 Å². The van der Waals surface area contributed by atoms with Gasteiger partial charge in [-0.3, -0.25) is 14.6 Å². The van der Waals surface area contributed by atoms with E-state index < -0.39 is 0 Å². The molecule has 0 unspecified atom stereocenters. The lowest BCUT2D eigenvalue weighted by Crippen LogP contribution is -2.40. The zero-order valence-electron chi connectivity index (χ0n) is 15.6. The molecule has 3 aromatic rings. The largest absolute Gasteiger partial charge is 0.337 e. The number of H-pyrrole nitrogens is 1. The molecule has 6 nitrogen and oxygen atoms in total. The Hall–Kier alpha value is -2.89. The first-order valence-corrected chi connectivity index (χ1v) is 9.67. The maximum atomic E-state index is 13.1. The van der Waals surface area contributed by atoms with E-state index in [1.165, 1.54) is 0 Å². The molecule has 6 heteroatoms. The van der Waals surface area contributed by atoms with Crippen LogP contribution in [-0.2, 0) is 6.54 Å². The first-order chi connectivity index (χ1) is 13.3. The molecule has 1 amide bonds. The molecule has 0 radical (unpaired) electrons. The number of rotatable bonds is 5. The van der Waals surface area contributed by atoms with Gasteiger partial charge in [-0.2, -0.15) is 10.2 Å². The number of amides is 1. The van der Waals surface area contributed by atoms with Crippen molar-refractivity contribution in [2.75, 3.05) is 13.1 Å². The standard InChI is InChI=1S/C21H25N5O/c1-2-12-26-19(10-11-23-26)21(27)25-13-6-9-17(15-25)20-18(14-22-24-20)16-7-4-3-5-8-16/h3-5,7-8,10-11,14,17H,2,6,9,12-13,15H2,1H3,(H,22,24)/t17-/m1/s1. The van der Waals surface area contributed by atoms with Crippen molar-refractivity contribution in [2.24, 2.45) is 0 Å². The van der Waals surface area contributed by atoms with Gasteiger partial charge in [-0.15, -0.1) is 0 Å². The number of likely N-dealkylation sites (tertiary alicyclic amines) is 1. The number of hydrogen-bond acceptors (Lipinski definition) is 3. The van der Waals surface area contributed by atoms with E-state index in [-0.39, 0.29) is 11.8 Å². The van der Waals surface area contributed by atoms with Crippen molar-refractivity contribution >= 4 is 5.91 Å². The highest BCUT2D eigenvalue weighted by Gasteiger charge is 2.29. The molecule has 1 aromatic carbocycles. The molecule has 3 heterocycles. The second kappa shape index (κ2) is 7.78. The van der Waals surface area contributed by atoms with Crippen molar-refractivity contribution in [2.45, 2.75) is 38.6 Å². The molecule has 140 valence electrons. The lowest BCUT2D eigenvalue weighted by Gasteiger charge is -2.32. The summed E-state index contributed by atoms with van der Waals surface area (Å²) in [4.78, 5) is 15.0. The topological polar surface area (TPSA) is 66.8 Å². The van der Waals surface area contributed by atoms with Crippen LogP contribution in [-0.4, -0.2) is 43.9 Å². The van der Waals surface area contributed by atoms with Gasteiger partial charge < -0.3 is 4.90 Å². The van der Waals surface area contributed by atoms with Crippen LogP contribution in [0.2, 0.25) is 0 Å². The molecular formula is C21H25N5O. The summed E-state index contributed by atoms with van der Waals surface area (Å²) < 4.78 is 1.82. The quantitative estimate of drug-likeness (QED) is 0.751. The van der Waals surface area contributed by atoms with E-state index in [2.05, 4.69) is 34.4 Å². The first-order valence-electron chi connectivity index (χ1n) is 9.67. The summed E-state index contributed by atoms with van der Waals surface area (Å²) in [6, 6.07) is 12.1. The lowest BCUT2D eigenvalue weighted by atomic mass is 9.90. The van der Waals surface area contributed by atoms with Gasteiger partial charge in [0.2, 0.25) is 0 Å². The Labute approximate surface area is 159 Å². The molecule has 0 aliphatic carbocycles. The fraction of sp³-hybridized carbons (Fsp3) is 0.381. The van der Waals surface area contributed by atoms with Crippen molar-refractivity contribution in [3.8, 4) is 11.1 Å². The van der Waals surface area contributed by atoms with Gasteiger partial charge in [-0.1, -0.05) is 37.3 Å². The van der Waals surface area contributed by atoms with E-state index in [0.717, 1.165) is 49.2 Å². The summed E-state index contributed by atoms with van der Waals surface area (Å²) in [6.45, 7) is 4.36. The molecule has 1 fully saturated rings. The first kappa shape index (κ1) is 17.5. The Bertz CT molecular complexity index is 898. The van der Waals surface area contributed by atoms with Gasteiger partial charge in [0.15, 0.2) is 0 Å². The summed E-state index contributed by atoms with van der Waals surface area (Å²) in [5, 5.41) is 11.8. The van der Waals surface area contributed by atoms with Crippen LogP contribution in [0.3, 0.4) is 0 Å². The number of hydrogen-bond donors (Lipinski definition) is 1. The number of aromatic nitrogens is 4. The van der Waals surface area contributed by atoms with Gasteiger partial charge in [0, 0.05) is 43.0 Å². The Morgan fingerprint density at radius 3 is 2.93 bits per heavy atom. The third kappa shape index (κ3) is 3.52. The summed E-state index contributed by atoms with van der Waals surface area (Å²) >= 11 is 0. The van der Waals surface area contributed by atoms with Crippen molar-refractivity contribution in [1.82, 2.24) is 24.9 Å². The van der Waals surface area contributed by atoms with E-state index in [9.17, 15) is 4.79 Å². The van der Waals surface area contributed by atoms with Crippen LogP contribution in [0.4, 0.5) is 0 Å². The zero-order chi connectivity index (χ0) is 18.6. The molecule has 0 saturated carbocycles. The van der Waals surface area contributed by atoms with E-state index in [0.29, 0.717) is 12.2 Å². The van der Waals surface area contributed by atoms with Gasteiger partial charge >= 0.3 is 0 Å². The molecule has 1 saturated heterocycles. The minimum absolute atomic E-state index is 0.0754. The smallest absolute Gasteiger partial charge is 0.272 e. The second-order valence-corrected chi connectivity index (χ2v) is 7.09. The summed E-state index contributed by atoms with van der Waals surface area (Å²) in [7, 11) is 0. The SMILES string of the molecule is CCCn1nccc1C(=O)N1CCC[C@@H](c2[nH]ncc2-c2ccccc2)C1. The number of piperidine rings is 1. The van der Waals surface area contributed by atoms with Crippen LogP contribution >= 0.6 is 0 Å². The third-order valence-electron chi connectivity index (χ3n) is 5.24. The average molecular weight is 363 g/mol. The minimum Gasteiger partial charge on any atom is -0.337 e. The van der Waals surface area contributed by atoms with Crippen molar-refractivity contribution in [3.63, 3.8) is 0 Å². The highest BCUT2D eigenvalue weighted by atomic mass is 16.2. The van der Waals surface area contributed by atoms with Crippen LogP contribution in [0.5, 0.6) is 0 Å². The van der Waals surface area contributed by atoms with E-state index in [4.69, 9.17) is 0 Å². The summed E-state index contributed by atoms with van der Waals surface area (Å²) in [6.07, 6.45) is 6.61. The zero-order valence-corrected chi connectivity index (χ0v) is 15.6. The Morgan fingerprint density at radius 2 is 2.11 bits per heavy atom. The number of nitrogens with zero attached hydrogens (tertiary/aromatic N) is 4. The fourth-order valence-electron chi connectivity index (χ4n) is 3.92. The molecular weight excluding hydrogens is 338 g/mol. The van der Waals surface area contributed by atoms with Gasteiger partial charge in [0.1, 0.15) is 5.69 Å². The highest BCUT2D eigenvalue weighted by molar-refractivity contribution is 5.92. The van der Waals surface area contributed by atoms with Crippen molar-refractivity contribution < 1.29 is 4.79 Å². The molecule has 1 N–H and O–H groups in total. The van der Waals surface area contributed by atoms with Crippen LogP contribution in [0.1, 0.15) is 48.3 Å². The third-order valence-corrected chi connectivity index (χ3v) is 5.24. The molecule has 1 atom stereocenters. The molecule has 0 bridgehead atoms. The average Bonchev–Trinajstić information content (AvgIpc) is 3.38. The number of carbonyl (C=O) groups is 1. The predicted octanol–water partition coefficient (Wildman–Crippen LogP) is 3.70. The fourth-order valence-corrected chi connectivity index (χ4v) is 3.92. The molecule has 2 aromatic heterocycles. The highest BCUT2D eigenvalue weighted by Crippen LogP contribution is 2.33. The van der Waals surface area contributed by atoms with Crippen LogP contribution in [0.15, 0.2) is 48.8 Å². The molecule has 0 spiro atoms. The van der Waals surface area contributed by atoms with E-state index in [1.54, 1.807) is 6.20 Å². The van der Waals surface area contributed by atoms with Crippen molar-refractivity contribution in [1.29, 1.82) is 0 Å². The summed E-state index contributed by atoms with van der Waals surface area (Å²) in [5.41, 5.74) is 4.10. The number of benzene rings is 1. The number of carbonyl (C=O) groups excluding carboxylic acids is 1. The maximum Gasteiger partial charge on any atom is 0.272 e. The summed E-state index contributed by atoms with van der Waals surface area (Å²) in [5.74, 6) is 0.342.